The minimum Gasteiger partial charge on any atom is -0.492 e. The van der Waals surface area contributed by atoms with Crippen molar-refractivity contribution in [3.63, 3.8) is 0 Å². The fourth-order valence-corrected chi connectivity index (χ4v) is 2.64. The molecule has 2 aromatic rings. The van der Waals surface area contributed by atoms with Crippen LogP contribution in [0.15, 0.2) is 42.6 Å². The summed E-state index contributed by atoms with van der Waals surface area (Å²) in [5.74, 6) is 0.725. The molecule has 0 fully saturated rings. The van der Waals surface area contributed by atoms with Gasteiger partial charge in [-0.3, -0.25) is 9.78 Å². The molecule has 114 valence electrons. The molecule has 0 bridgehead atoms. The van der Waals surface area contributed by atoms with Crippen molar-refractivity contribution in [2.24, 2.45) is 0 Å². The zero-order chi connectivity index (χ0) is 15.4. The zero-order valence-electron chi connectivity index (χ0n) is 12.5. The first-order valence-electron chi connectivity index (χ1n) is 7.38. The molecule has 1 aliphatic heterocycles. The van der Waals surface area contributed by atoms with E-state index in [1.165, 1.54) is 0 Å². The molecule has 0 saturated carbocycles. The first-order valence-corrected chi connectivity index (χ1v) is 7.38. The third kappa shape index (κ3) is 3.09. The number of hydrogen-bond acceptors (Lipinski definition) is 4. The van der Waals surface area contributed by atoms with Crippen LogP contribution in [0.5, 0.6) is 5.75 Å². The van der Waals surface area contributed by atoms with Gasteiger partial charge in [-0.1, -0.05) is 12.1 Å². The Bertz CT molecular complexity index is 658. The van der Waals surface area contributed by atoms with Crippen LogP contribution in [0.25, 0.3) is 0 Å². The summed E-state index contributed by atoms with van der Waals surface area (Å²) >= 11 is 0. The van der Waals surface area contributed by atoms with Crippen LogP contribution in [0.2, 0.25) is 0 Å². The van der Waals surface area contributed by atoms with E-state index in [4.69, 9.17) is 4.74 Å². The van der Waals surface area contributed by atoms with E-state index in [2.05, 4.69) is 15.6 Å². The Morgan fingerprint density at radius 2 is 2.23 bits per heavy atom. The van der Waals surface area contributed by atoms with Crippen LogP contribution in [0, 0.1) is 0 Å². The Morgan fingerprint density at radius 1 is 1.32 bits per heavy atom. The van der Waals surface area contributed by atoms with E-state index in [1.54, 1.807) is 13.2 Å². The van der Waals surface area contributed by atoms with E-state index in [9.17, 15) is 4.79 Å². The first kappa shape index (κ1) is 14.5. The number of carbonyl (C=O) groups is 1. The monoisotopic (exact) mass is 297 g/mol. The predicted molar refractivity (Wildman–Crippen MR) is 83.9 cm³/mol. The van der Waals surface area contributed by atoms with Crippen LogP contribution in [0.3, 0.4) is 0 Å². The Balaban J connectivity index is 1.71. The summed E-state index contributed by atoms with van der Waals surface area (Å²) in [5, 5.41) is 6.12. The summed E-state index contributed by atoms with van der Waals surface area (Å²) in [7, 11) is 1.64. The lowest BCUT2D eigenvalue weighted by molar-refractivity contribution is 0.0960. The van der Waals surface area contributed by atoms with Gasteiger partial charge in [0, 0.05) is 37.0 Å². The number of carbonyl (C=O) groups excluding carboxylic acids is 1. The maximum Gasteiger partial charge on any atom is 0.251 e. The predicted octanol–water partition coefficient (Wildman–Crippen LogP) is 1.53. The van der Waals surface area contributed by atoms with Gasteiger partial charge in [0.2, 0.25) is 0 Å². The van der Waals surface area contributed by atoms with Gasteiger partial charge < -0.3 is 15.4 Å². The fraction of sp³-hybridized carbons (Fsp3) is 0.294. The van der Waals surface area contributed by atoms with E-state index >= 15 is 0 Å². The molecule has 1 aliphatic rings. The summed E-state index contributed by atoms with van der Waals surface area (Å²) in [5.41, 5.74) is 2.64. The van der Waals surface area contributed by atoms with Crippen molar-refractivity contribution in [1.29, 1.82) is 0 Å². The van der Waals surface area contributed by atoms with Gasteiger partial charge in [0.05, 0.1) is 5.69 Å². The summed E-state index contributed by atoms with van der Waals surface area (Å²) in [6.07, 6.45) is 2.55. The number of aromatic nitrogens is 1. The van der Waals surface area contributed by atoms with Crippen molar-refractivity contribution >= 4 is 5.91 Å². The second kappa shape index (κ2) is 6.58. The summed E-state index contributed by atoms with van der Waals surface area (Å²) < 4.78 is 5.80. The van der Waals surface area contributed by atoms with Crippen molar-refractivity contribution in [3.8, 4) is 5.75 Å². The molecule has 2 N–H and O–H groups in total. The molecule has 0 saturated heterocycles. The molecule has 0 unspecified atom stereocenters. The number of nitrogens with one attached hydrogen (secondary N) is 2. The molecule has 2 heterocycles. The van der Waals surface area contributed by atoms with Crippen molar-refractivity contribution in [3.05, 3.63) is 59.4 Å². The Labute approximate surface area is 129 Å². The summed E-state index contributed by atoms with van der Waals surface area (Å²) in [6, 6.07) is 11.6. The molecule has 1 aromatic heterocycles. The number of amides is 1. The third-order valence-electron chi connectivity index (χ3n) is 3.79. The van der Waals surface area contributed by atoms with Crippen molar-refractivity contribution in [2.75, 3.05) is 13.7 Å². The molecule has 3 rings (SSSR count). The molecule has 0 spiro atoms. The topological polar surface area (TPSA) is 63.2 Å². The van der Waals surface area contributed by atoms with Crippen LogP contribution in [0.4, 0.5) is 0 Å². The Kier molecular flexibility index (Phi) is 4.34. The van der Waals surface area contributed by atoms with Crippen molar-refractivity contribution in [1.82, 2.24) is 15.6 Å². The smallest absolute Gasteiger partial charge is 0.251 e. The van der Waals surface area contributed by atoms with E-state index in [-0.39, 0.29) is 11.9 Å². The van der Waals surface area contributed by atoms with Gasteiger partial charge in [-0.15, -0.1) is 0 Å². The molecular formula is C17H19N3O2. The number of hydrogen-bond donors (Lipinski definition) is 2. The highest BCUT2D eigenvalue weighted by Gasteiger charge is 2.24. The van der Waals surface area contributed by atoms with E-state index in [1.807, 2.05) is 36.4 Å². The Hall–Kier alpha value is -2.40. The molecule has 1 atom stereocenters. The van der Waals surface area contributed by atoms with Crippen LogP contribution in [-0.4, -0.2) is 30.6 Å². The highest BCUT2D eigenvalue weighted by atomic mass is 16.5. The number of ether oxygens (including phenoxy) is 1. The SMILES string of the molecule is CNC(=O)c1cccc2c1C[C@@H](NCc1ccccn1)CO2. The third-order valence-corrected chi connectivity index (χ3v) is 3.79. The van der Waals surface area contributed by atoms with Crippen LogP contribution in [-0.2, 0) is 13.0 Å². The minimum absolute atomic E-state index is 0.0779. The van der Waals surface area contributed by atoms with Crippen LogP contribution < -0.4 is 15.4 Å². The van der Waals surface area contributed by atoms with Gasteiger partial charge in [-0.05, 0) is 30.7 Å². The number of nitrogens with zero attached hydrogens (tertiary/aromatic N) is 1. The molecule has 5 heteroatoms. The quantitative estimate of drug-likeness (QED) is 0.898. The molecule has 22 heavy (non-hydrogen) atoms. The van der Waals surface area contributed by atoms with Gasteiger partial charge >= 0.3 is 0 Å². The van der Waals surface area contributed by atoms with Gasteiger partial charge in [-0.25, -0.2) is 0 Å². The van der Waals surface area contributed by atoms with Gasteiger partial charge in [0.15, 0.2) is 0 Å². The molecule has 0 radical (unpaired) electrons. The largest absolute Gasteiger partial charge is 0.492 e. The average molecular weight is 297 g/mol. The molecule has 0 aliphatic carbocycles. The number of fused-ring (bicyclic) bond motifs is 1. The van der Waals surface area contributed by atoms with E-state index < -0.39 is 0 Å². The minimum atomic E-state index is -0.0779. The van der Waals surface area contributed by atoms with E-state index in [0.29, 0.717) is 18.7 Å². The average Bonchev–Trinajstić information content (AvgIpc) is 2.59. The maximum atomic E-state index is 12.0. The lowest BCUT2D eigenvalue weighted by Gasteiger charge is -2.27. The molecular weight excluding hydrogens is 278 g/mol. The second-order valence-corrected chi connectivity index (χ2v) is 5.28. The number of rotatable bonds is 4. The van der Waals surface area contributed by atoms with E-state index in [0.717, 1.165) is 23.4 Å². The summed E-state index contributed by atoms with van der Waals surface area (Å²) in [6.45, 7) is 1.28. The van der Waals surface area contributed by atoms with Crippen LogP contribution >= 0.6 is 0 Å². The van der Waals surface area contributed by atoms with Gasteiger partial charge in [0.1, 0.15) is 12.4 Å². The highest BCUT2D eigenvalue weighted by Crippen LogP contribution is 2.28. The number of pyridine rings is 1. The first-order chi connectivity index (χ1) is 10.8. The normalized spacial score (nSPS) is 16.5. The maximum absolute atomic E-state index is 12.0. The molecule has 1 amide bonds. The van der Waals surface area contributed by atoms with Gasteiger partial charge in [0.25, 0.3) is 5.91 Å². The molecule has 5 nitrogen and oxygen atoms in total. The molecule has 1 aromatic carbocycles. The van der Waals surface area contributed by atoms with Crippen molar-refractivity contribution in [2.45, 2.75) is 19.0 Å². The Morgan fingerprint density at radius 3 is 3.00 bits per heavy atom. The standard InChI is InChI=1S/C17H19N3O2/c1-18-17(21)14-6-4-7-16-15(14)9-13(11-22-16)20-10-12-5-2-3-8-19-12/h2-8,13,20H,9-11H2,1H3,(H,18,21)/t13-/m1/s1. The zero-order valence-corrected chi connectivity index (χ0v) is 12.5. The lowest BCUT2D eigenvalue weighted by atomic mass is 9.96. The lowest BCUT2D eigenvalue weighted by Crippen LogP contribution is -2.40. The van der Waals surface area contributed by atoms with Crippen molar-refractivity contribution < 1.29 is 9.53 Å². The second-order valence-electron chi connectivity index (χ2n) is 5.28. The highest BCUT2D eigenvalue weighted by molar-refractivity contribution is 5.96. The number of benzene rings is 1. The van der Waals surface area contributed by atoms with Gasteiger partial charge in [-0.2, -0.15) is 0 Å². The van der Waals surface area contributed by atoms with Crippen LogP contribution in [0.1, 0.15) is 21.6 Å². The summed E-state index contributed by atoms with van der Waals surface area (Å²) in [4.78, 5) is 16.3. The fourth-order valence-electron chi connectivity index (χ4n) is 2.64.